The highest BCUT2D eigenvalue weighted by molar-refractivity contribution is 7.11. The molecule has 0 aliphatic carbocycles. The Morgan fingerprint density at radius 1 is 1.33 bits per heavy atom. The van der Waals surface area contributed by atoms with E-state index in [1.54, 1.807) is 23.4 Å². The zero-order valence-electron chi connectivity index (χ0n) is 17.4. The Balaban J connectivity index is 1.76. The van der Waals surface area contributed by atoms with Gasteiger partial charge < -0.3 is 4.90 Å². The molecule has 11 heteroatoms. The van der Waals surface area contributed by atoms with Crippen LogP contribution in [0.5, 0.6) is 0 Å². The lowest BCUT2D eigenvalue weighted by Crippen LogP contribution is -2.35. The first-order chi connectivity index (χ1) is 15.8. The van der Waals surface area contributed by atoms with E-state index < -0.39 is 24.1 Å². The van der Waals surface area contributed by atoms with Crippen molar-refractivity contribution < 1.29 is 17.6 Å². The van der Waals surface area contributed by atoms with Crippen LogP contribution in [0.15, 0.2) is 52.9 Å². The molecule has 2 atom stereocenters. The Bertz CT molecular complexity index is 1260. The van der Waals surface area contributed by atoms with Gasteiger partial charge >= 0.3 is 6.55 Å². The maximum atomic E-state index is 15.7. The third-order valence-electron chi connectivity index (χ3n) is 5.97. The van der Waals surface area contributed by atoms with Gasteiger partial charge in [0.15, 0.2) is 10.8 Å². The van der Waals surface area contributed by atoms with Gasteiger partial charge in [-0.15, -0.1) is 11.3 Å². The molecule has 172 valence electrons. The summed E-state index contributed by atoms with van der Waals surface area (Å²) in [5.41, 5.74) is 0.455. The largest absolute Gasteiger partial charge is 0.333 e. The number of alkyl halides is 3. The van der Waals surface area contributed by atoms with Gasteiger partial charge in [-0.3, -0.25) is 4.99 Å². The van der Waals surface area contributed by atoms with E-state index in [4.69, 9.17) is 16.6 Å². The zero-order chi connectivity index (χ0) is 23.3. The van der Waals surface area contributed by atoms with Crippen molar-refractivity contribution in [3.63, 3.8) is 0 Å². The summed E-state index contributed by atoms with van der Waals surface area (Å²) in [4.78, 5) is 11.0. The van der Waals surface area contributed by atoms with Crippen molar-refractivity contribution in [1.29, 1.82) is 0 Å². The quantitative estimate of drug-likeness (QED) is 0.392. The zero-order valence-corrected chi connectivity index (χ0v) is 18.9. The molecule has 0 bridgehead atoms. The van der Waals surface area contributed by atoms with Crippen molar-refractivity contribution in [2.75, 3.05) is 6.54 Å². The van der Waals surface area contributed by atoms with E-state index in [9.17, 15) is 13.2 Å². The summed E-state index contributed by atoms with van der Waals surface area (Å²) in [7, 11) is 0. The van der Waals surface area contributed by atoms with Crippen molar-refractivity contribution in [3.05, 3.63) is 74.8 Å². The summed E-state index contributed by atoms with van der Waals surface area (Å²) in [5.74, 6) is -0.0389. The first-order valence-corrected chi connectivity index (χ1v) is 11.5. The van der Waals surface area contributed by atoms with Gasteiger partial charge in [-0.05, 0) is 24.1 Å². The molecule has 0 radical (unpaired) electrons. The van der Waals surface area contributed by atoms with Crippen LogP contribution >= 0.6 is 22.9 Å². The second kappa shape index (κ2) is 8.25. The van der Waals surface area contributed by atoms with Crippen LogP contribution < -0.4 is 0 Å². The molecule has 2 aliphatic rings. The Morgan fingerprint density at radius 2 is 2.15 bits per heavy atom. The van der Waals surface area contributed by atoms with Crippen molar-refractivity contribution in [2.45, 2.75) is 38.0 Å². The molecule has 4 heterocycles. The number of aromatic nitrogens is 3. The normalized spacial score (nSPS) is 22.8. The van der Waals surface area contributed by atoms with Gasteiger partial charge in [-0.2, -0.15) is 13.9 Å². The fourth-order valence-corrected chi connectivity index (χ4v) is 5.20. The van der Waals surface area contributed by atoms with Crippen LogP contribution in [0.3, 0.4) is 0 Å². The van der Waals surface area contributed by atoms with E-state index in [0.717, 1.165) is 0 Å². The number of aliphatic imine (C=N–C) groups is 1. The van der Waals surface area contributed by atoms with E-state index in [1.807, 2.05) is 0 Å². The number of rotatable bonds is 5. The molecule has 33 heavy (non-hydrogen) atoms. The van der Waals surface area contributed by atoms with Crippen molar-refractivity contribution >= 4 is 34.3 Å². The molecule has 5 nitrogen and oxygen atoms in total. The number of halogens is 5. The molecule has 0 saturated carbocycles. The second-order valence-electron chi connectivity index (χ2n) is 7.97. The third kappa shape index (κ3) is 3.85. The minimum atomic E-state index is -2.83. The van der Waals surface area contributed by atoms with Crippen LogP contribution in [0.4, 0.5) is 17.6 Å². The van der Waals surface area contributed by atoms with E-state index in [0.29, 0.717) is 37.9 Å². The van der Waals surface area contributed by atoms with Crippen LogP contribution in [0, 0.1) is 5.82 Å². The van der Waals surface area contributed by atoms with E-state index in [2.05, 4.69) is 10.1 Å². The summed E-state index contributed by atoms with van der Waals surface area (Å²) >= 11 is 7.75. The lowest BCUT2D eigenvalue weighted by Gasteiger charge is -2.32. The summed E-state index contributed by atoms with van der Waals surface area (Å²) in [6, 6.07) is 3.17. The fraction of sp³-hybridized carbons (Fsp3) is 0.318. The topological polar surface area (TPSA) is 46.3 Å². The average molecular weight is 496 g/mol. The van der Waals surface area contributed by atoms with Crippen LogP contribution in [-0.4, -0.2) is 37.7 Å². The molecule has 2 aliphatic heterocycles. The minimum Gasteiger partial charge on any atom is -0.324 e. The van der Waals surface area contributed by atoms with Crippen LogP contribution in [0.25, 0.3) is 5.57 Å². The highest BCUT2D eigenvalue weighted by Gasteiger charge is 2.47. The third-order valence-corrected chi connectivity index (χ3v) is 7.07. The molecule has 1 saturated heterocycles. The van der Waals surface area contributed by atoms with Gasteiger partial charge in [0.05, 0.1) is 12.7 Å². The molecule has 0 spiro atoms. The lowest BCUT2D eigenvalue weighted by molar-refractivity contribution is 0.0566. The Labute approximate surface area is 196 Å². The molecular weight excluding hydrogens is 478 g/mol. The smallest absolute Gasteiger partial charge is 0.324 e. The Morgan fingerprint density at radius 3 is 2.79 bits per heavy atom. The number of hydrogen-bond acceptors (Lipinski definition) is 5. The van der Waals surface area contributed by atoms with Crippen molar-refractivity contribution in [3.8, 4) is 0 Å². The maximum Gasteiger partial charge on any atom is 0.333 e. The van der Waals surface area contributed by atoms with Crippen molar-refractivity contribution in [2.24, 2.45) is 4.99 Å². The Kier molecular flexibility index (Phi) is 5.52. The average Bonchev–Trinajstić information content (AvgIpc) is 3.52. The number of benzene rings is 1. The van der Waals surface area contributed by atoms with E-state index >= 15 is 4.39 Å². The monoisotopic (exact) mass is 495 g/mol. The number of fused-ring (bicyclic) bond motifs is 1. The van der Waals surface area contributed by atoms with Gasteiger partial charge in [-0.25, -0.2) is 18.4 Å². The Hall–Kier alpha value is -2.72. The molecule has 0 unspecified atom stereocenters. The summed E-state index contributed by atoms with van der Waals surface area (Å²) in [6.45, 7) is -0.999. The highest BCUT2D eigenvalue weighted by atomic mass is 35.5. The fourth-order valence-electron chi connectivity index (χ4n) is 4.29. The molecule has 2 aromatic heterocycles. The number of thiazole rings is 1. The van der Waals surface area contributed by atoms with Gasteiger partial charge in [0.1, 0.15) is 17.5 Å². The molecule has 1 fully saturated rings. The maximum absolute atomic E-state index is 15.7. The molecule has 3 aromatic rings. The molecular formula is C22H18ClF4N5S. The number of nitrogens with zero attached hydrogens (tertiary/aromatic N) is 5. The summed E-state index contributed by atoms with van der Waals surface area (Å²) < 4.78 is 56.6. The van der Waals surface area contributed by atoms with Crippen LogP contribution in [0.1, 0.15) is 48.5 Å². The molecule has 0 amide bonds. The number of amidine groups is 1. The van der Waals surface area contributed by atoms with Crippen molar-refractivity contribution in [1.82, 2.24) is 19.7 Å². The first-order valence-electron chi connectivity index (χ1n) is 10.2. The molecule has 5 rings (SSSR count). The van der Waals surface area contributed by atoms with Crippen LogP contribution in [0.2, 0.25) is 5.02 Å². The minimum absolute atomic E-state index is 0.0631. The van der Waals surface area contributed by atoms with E-state index in [1.165, 1.54) is 41.9 Å². The summed E-state index contributed by atoms with van der Waals surface area (Å²) in [6.07, 6.45) is 4.49. The molecule has 1 aromatic carbocycles. The van der Waals surface area contributed by atoms with Gasteiger partial charge in [-0.1, -0.05) is 24.6 Å². The SMILES string of the molecule is CC[C@]1(F)CC2=C(c3cnn(C(F)F)c3)[C@H](c3ccc(F)cc3Cl)N=C(c3nccs3)N2C1. The number of allylic oxidation sites excluding steroid dienone is 1. The predicted molar refractivity (Wildman–Crippen MR) is 119 cm³/mol. The second-order valence-corrected chi connectivity index (χ2v) is 9.27. The van der Waals surface area contributed by atoms with Gasteiger partial charge in [0.25, 0.3) is 0 Å². The van der Waals surface area contributed by atoms with Crippen LogP contribution in [-0.2, 0) is 0 Å². The number of hydrogen-bond donors (Lipinski definition) is 0. The summed E-state index contributed by atoms with van der Waals surface area (Å²) in [5, 5.41) is 6.29. The van der Waals surface area contributed by atoms with E-state index in [-0.39, 0.29) is 24.4 Å². The standard InChI is InChI=1S/C22H18ClF4N5S/c1-2-22(27)8-16-17(12-9-29-32(10-12)21(25)26)18(14-4-3-13(24)7-15(14)23)30-19(31(16)11-22)20-28-5-6-33-20/h3-7,9-10,18,21H,2,8,11H2,1H3/t18-,22-/m0/s1. The lowest BCUT2D eigenvalue weighted by atomic mass is 9.89. The van der Waals surface area contributed by atoms with Gasteiger partial charge in [0, 0.05) is 46.1 Å². The predicted octanol–water partition coefficient (Wildman–Crippen LogP) is 6.26. The molecule has 0 N–H and O–H groups in total. The highest BCUT2D eigenvalue weighted by Crippen LogP contribution is 2.49. The first kappa shape index (κ1) is 22.1. The van der Waals surface area contributed by atoms with Gasteiger partial charge in [0.2, 0.25) is 0 Å².